The lowest BCUT2D eigenvalue weighted by Crippen LogP contribution is -2.48. The quantitative estimate of drug-likeness (QED) is 0.621. The van der Waals surface area contributed by atoms with Gasteiger partial charge in [-0.15, -0.1) is 0 Å². The van der Waals surface area contributed by atoms with Gasteiger partial charge in [0.05, 0.1) is 6.61 Å². The third-order valence-corrected chi connectivity index (χ3v) is 5.47. The molecule has 1 aromatic carbocycles. The van der Waals surface area contributed by atoms with Crippen molar-refractivity contribution in [2.45, 2.75) is 77.9 Å². The number of nitrogens with one attached hydrogen (secondary N) is 1. The summed E-state index contributed by atoms with van der Waals surface area (Å²) in [5, 5.41) is 2.92. The molecular formula is C21H32BrNO3. The number of halogens is 1. The van der Waals surface area contributed by atoms with Crippen LogP contribution in [0.5, 0.6) is 5.75 Å². The summed E-state index contributed by atoms with van der Waals surface area (Å²) < 4.78 is 12.9. The maximum atomic E-state index is 12.4. The summed E-state index contributed by atoms with van der Waals surface area (Å²) in [5.41, 5.74) is -0.444. The molecule has 0 atom stereocenters. The molecule has 0 unspecified atom stereocenters. The maximum Gasteiger partial charge on any atom is 0.408 e. The molecule has 146 valence electrons. The molecule has 1 aliphatic rings. The van der Waals surface area contributed by atoms with Crippen LogP contribution in [-0.2, 0) is 4.74 Å². The molecule has 0 heterocycles. The average molecular weight is 426 g/mol. The monoisotopic (exact) mass is 425 g/mol. The van der Waals surface area contributed by atoms with E-state index in [4.69, 9.17) is 9.47 Å². The standard InChI is InChI=1S/C21H32BrNO3/c1-19(2,3)23-18(24)26-21(12-10-20(4,5)11-13-21)14-15-25-17-8-6-16(22)7-9-17/h6-9H,10-15H2,1-5H3,(H,23,24). The van der Waals surface area contributed by atoms with E-state index in [1.54, 1.807) is 0 Å². The van der Waals surface area contributed by atoms with Crippen molar-refractivity contribution in [2.24, 2.45) is 5.41 Å². The van der Waals surface area contributed by atoms with Gasteiger partial charge in [-0.3, -0.25) is 0 Å². The first-order valence-corrected chi connectivity index (χ1v) is 10.2. The zero-order valence-corrected chi connectivity index (χ0v) is 18.2. The van der Waals surface area contributed by atoms with Gasteiger partial charge in [0, 0.05) is 16.4 Å². The van der Waals surface area contributed by atoms with Crippen LogP contribution in [-0.4, -0.2) is 23.8 Å². The molecule has 0 saturated heterocycles. The van der Waals surface area contributed by atoms with Crippen molar-refractivity contribution >= 4 is 22.0 Å². The SMILES string of the molecule is CC1(C)CCC(CCOc2ccc(Br)cc2)(OC(=O)NC(C)(C)C)CC1. The van der Waals surface area contributed by atoms with Gasteiger partial charge in [0.2, 0.25) is 0 Å². The molecule has 1 aliphatic carbocycles. The number of carbonyl (C=O) groups is 1. The molecule has 1 N–H and O–H groups in total. The van der Waals surface area contributed by atoms with Gasteiger partial charge in [0.25, 0.3) is 0 Å². The molecule has 1 fully saturated rings. The number of ether oxygens (including phenoxy) is 2. The van der Waals surface area contributed by atoms with Crippen molar-refractivity contribution in [1.82, 2.24) is 5.32 Å². The number of benzene rings is 1. The number of rotatable bonds is 5. The molecule has 0 aromatic heterocycles. The summed E-state index contributed by atoms with van der Waals surface area (Å²) in [6.07, 6.45) is 4.22. The lowest BCUT2D eigenvalue weighted by atomic mass is 9.70. The Kier molecular flexibility index (Phi) is 6.65. The molecule has 26 heavy (non-hydrogen) atoms. The van der Waals surface area contributed by atoms with E-state index < -0.39 is 5.60 Å². The van der Waals surface area contributed by atoms with Crippen LogP contribution in [0.3, 0.4) is 0 Å². The van der Waals surface area contributed by atoms with Gasteiger partial charge in [-0.2, -0.15) is 0 Å². The predicted molar refractivity (Wildman–Crippen MR) is 109 cm³/mol. The van der Waals surface area contributed by atoms with Gasteiger partial charge in [0.15, 0.2) is 0 Å². The maximum absolute atomic E-state index is 12.4. The highest BCUT2D eigenvalue weighted by molar-refractivity contribution is 9.10. The summed E-state index contributed by atoms with van der Waals surface area (Å²) >= 11 is 3.43. The summed E-state index contributed by atoms with van der Waals surface area (Å²) in [4.78, 5) is 12.4. The zero-order valence-electron chi connectivity index (χ0n) is 16.7. The minimum atomic E-state index is -0.444. The third kappa shape index (κ3) is 6.82. The first-order valence-electron chi connectivity index (χ1n) is 9.38. The fraction of sp³-hybridized carbons (Fsp3) is 0.667. The van der Waals surface area contributed by atoms with Crippen LogP contribution in [0.15, 0.2) is 28.7 Å². The Morgan fingerprint density at radius 2 is 1.69 bits per heavy atom. The molecule has 1 aromatic rings. The molecule has 0 radical (unpaired) electrons. The molecule has 2 rings (SSSR count). The Morgan fingerprint density at radius 3 is 2.23 bits per heavy atom. The lowest BCUT2D eigenvalue weighted by molar-refractivity contribution is -0.0532. The summed E-state index contributed by atoms with van der Waals surface area (Å²) in [6, 6.07) is 7.80. The Balaban J connectivity index is 1.99. The molecular weight excluding hydrogens is 394 g/mol. The zero-order chi connectivity index (χ0) is 19.4. The molecule has 0 bridgehead atoms. The fourth-order valence-electron chi connectivity index (χ4n) is 3.20. The van der Waals surface area contributed by atoms with E-state index in [9.17, 15) is 4.79 Å². The first kappa shape index (κ1) is 21.1. The van der Waals surface area contributed by atoms with Crippen LogP contribution < -0.4 is 10.1 Å². The second-order valence-electron chi connectivity index (χ2n) is 9.16. The van der Waals surface area contributed by atoms with E-state index in [2.05, 4.69) is 35.1 Å². The number of hydrogen-bond donors (Lipinski definition) is 1. The molecule has 0 aliphatic heterocycles. The van der Waals surface area contributed by atoms with Gasteiger partial charge < -0.3 is 14.8 Å². The van der Waals surface area contributed by atoms with E-state index in [1.807, 2.05) is 45.0 Å². The van der Waals surface area contributed by atoms with E-state index in [1.165, 1.54) is 0 Å². The van der Waals surface area contributed by atoms with Crippen molar-refractivity contribution in [1.29, 1.82) is 0 Å². The Labute approximate surface area is 166 Å². The largest absolute Gasteiger partial charge is 0.493 e. The predicted octanol–water partition coefficient (Wildman–Crippen LogP) is 6.08. The molecule has 5 heteroatoms. The van der Waals surface area contributed by atoms with Crippen LogP contribution in [0, 0.1) is 5.41 Å². The van der Waals surface area contributed by atoms with Crippen molar-refractivity contribution in [3.63, 3.8) is 0 Å². The van der Waals surface area contributed by atoms with Crippen LogP contribution in [0.1, 0.15) is 66.7 Å². The summed E-state index contributed by atoms with van der Waals surface area (Å²) in [6.45, 7) is 11.0. The van der Waals surface area contributed by atoms with E-state index in [-0.39, 0.29) is 11.6 Å². The van der Waals surface area contributed by atoms with Crippen LogP contribution >= 0.6 is 15.9 Å². The van der Waals surface area contributed by atoms with Gasteiger partial charge >= 0.3 is 6.09 Å². The molecule has 4 nitrogen and oxygen atoms in total. The number of alkyl carbamates (subject to hydrolysis) is 1. The first-order chi connectivity index (χ1) is 12.0. The highest BCUT2D eigenvalue weighted by Gasteiger charge is 2.41. The van der Waals surface area contributed by atoms with Gasteiger partial charge in [-0.05, 0) is 76.1 Å². The number of carbonyl (C=O) groups excluding carboxylic acids is 1. The lowest BCUT2D eigenvalue weighted by Gasteiger charge is -2.43. The van der Waals surface area contributed by atoms with Crippen molar-refractivity contribution in [2.75, 3.05) is 6.61 Å². The number of amides is 1. The van der Waals surface area contributed by atoms with E-state index in [0.717, 1.165) is 35.9 Å². The van der Waals surface area contributed by atoms with Gasteiger partial charge in [0.1, 0.15) is 11.4 Å². The van der Waals surface area contributed by atoms with Gasteiger partial charge in [-0.1, -0.05) is 29.8 Å². The second kappa shape index (κ2) is 8.20. The topological polar surface area (TPSA) is 47.6 Å². The van der Waals surface area contributed by atoms with E-state index in [0.29, 0.717) is 18.4 Å². The average Bonchev–Trinajstić information content (AvgIpc) is 2.50. The van der Waals surface area contributed by atoms with Crippen LogP contribution in [0.25, 0.3) is 0 Å². The Hall–Kier alpha value is -1.23. The number of hydrogen-bond acceptors (Lipinski definition) is 3. The van der Waals surface area contributed by atoms with Crippen LogP contribution in [0.2, 0.25) is 0 Å². The van der Waals surface area contributed by atoms with Crippen molar-refractivity contribution in [3.8, 4) is 5.75 Å². The van der Waals surface area contributed by atoms with E-state index >= 15 is 0 Å². The second-order valence-corrected chi connectivity index (χ2v) is 10.1. The molecule has 1 amide bonds. The highest BCUT2D eigenvalue weighted by atomic mass is 79.9. The highest BCUT2D eigenvalue weighted by Crippen LogP contribution is 2.43. The minimum absolute atomic E-state index is 0.305. The summed E-state index contributed by atoms with van der Waals surface area (Å²) in [7, 11) is 0. The third-order valence-electron chi connectivity index (χ3n) is 4.94. The smallest absolute Gasteiger partial charge is 0.408 e. The fourth-order valence-corrected chi connectivity index (χ4v) is 3.46. The normalized spacial score (nSPS) is 18.8. The Morgan fingerprint density at radius 1 is 1.12 bits per heavy atom. The Bertz CT molecular complexity index is 595. The molecule has 0 spiro atoms. The summed E-state index contributed by atoms with van der Waals surface area (Å²) in [5.74, 6) is 0.832. The van der Waals surface area contributed by atoms with Crippen LogP contribution in [0.4, 0.5) is 4.79 Å². The van der Waals surface area contributed by atoms with Crippen molar-refractivity contribution in [3.05, 3.63) is 28.7 Å². The van der Waals surface area contributed by atoms with Gasteiger partial charge in [-0.25, -0.2) is 4.79 Å². The van der Waals surface area contributed by atoms with Crippen molar-refractivity contribution < 1.29 is 14.3 Å². The molecule has 1 saturated carbocycles. The minimum Gasteiger partial charge on any atom is -0.493 e.